The van der Waals surface area contributed by atoms with Crippen molar-refractivity contribution in [3.05, 3.63) is 62.5 Å². The van der Waals surface area contributed by atoms with Crippen LogP contribution in [0.25, 0.3) is 10.2 Å². The van der Waals surface area contributed by atoms with Gasteiger partial charge in [-0.05, 0) is 59.1 Å². The van der Waals surface area contributed by atoms with Gasteiger partial charge in [0.1, 0.15) is 0 Å². The van der Waals surface area contributed by atoms with E-state index in [0.29, 0.717) is 5.92 Å². The Balaban J connectivity index is 1.47. The van der Waals surface area contributed by atoms with Gasteiger partial charge in [0.15, 0.2) is 0 Å². The molecular weight excluding hydrogens is 420 g/mol. The van der Waals surface area contributed by atoms with E-state index in [2.05, 4.69) is 15.9 Å². The Hall–Kier alpha value is -1.43. The number of amides is 1. The van der Waals surface area contributed by atoms with E-state index in [9.17, 15) is 4.79 Å². The summed E-state index contributed by atoms with van der Waals surface area (Å²) in [6, 6.07) is 13.5. The van der Waals surface area contributed by atoms with Gasteiger partial charge in [0, 0.05) is 28.5 Å². The highest BCUT2D eigenvalue weighted by Gasteiger charge is 2.27. The molecule has 1 amide bonds. The zero-order valence-corrected chi connectivity index (χ0v) is 16.6. The number of hydrogen-bond acceptors (Lipinski definition) is 3. The SMILES string of the molecule is O=C(c1ccccc1Br)N1CCC(c2nc3cc(Cl)ccc3s2)CC1. The van der Waals surface area contributed by atoms with Gasteiger partial charge in [0.05, 0.1) is 20.8 Å². The molecule has 0 aliphatic carbocycles. The summed E-state index contributed by atoms with van der Waals surface area (Å²) in [6.07, 6.45) is 1.90. The van der Waals surface area contributed by atoms with Gasteiger partial charge >= 0.3 is 0 Å². The minimum atomic E-state index is 0.0991. The van der Waals surface area contributed by atoms with Crippen LogP contribution in [0.1, 0.15) is 34.1 Å². The molecule has 0 radical (unpaired) electrons. The number of halogens is 2. The fourth-order valence-electron chi connectivity index (χ4n) is 3.23. The predicted octanol–water partition coefficient (Wildman–Crippen LogP) is 5.73. The molecule has 4 rings (SSSR count). The van der Waals surface area contributed by atoms with Crippen LogP contribution in [0, 0.1) is 0 Å². The first-order valence-corrected chi connectivity index (χ1v) is 10.2. The lowest BCUT2D eigenvalue weighted by Gasteiger charge is -2.31. The molecule has 1 aromatic heterocycles. The highest BCUT2D eigenvalue weighted by Crippen LogP contribution is 2.35. The summed E-state index contributed by atoms with van der Waals surface area (Å²) in [6.45, 7) is 1.53. The van der Waals surface area contributed by atoms with Crippen molar-refractivity contribution < 1.29 is 4.79 Å². The highest BCUT2D eigenvalue weighted by atomic mass is 79.9. The average Bonchev–Trinajstić information content (AvgIpc) is 3.05. The molecule has 1 aliphatic rings. The molecule has 1 aliphatic heterocycles. The molecule has 2 heterocycles. The van der Waals surface area contributed by atoms with Crippen LogP contribution < -0.4 is 0 Å². The van der Waals surface area contributed by atoms with Crippen molar-refractivity contribution in [2.75, 3.05) is 13.1 Å². The Morgan fingerprint density at radius 2 is 1.96 bits per heavy atom. The van der Waals surface area contributed by atoms with Crippen molar-refractivity contribution in [2.45, 2.75) is 18.8 Å². The maximum absolute atomic E-state index is 12.7. The van der Waals surface area contributed by atoms with Crippen LogP contribution in [-0.2, 0) is 0 Å². The first-order chi connectivity index (χ1) is 12.1. The van der Waals surface area contributed by atoms with Crippen LogP contribution in [0.4, 0.5) is 0 Å². The van der Waals surface area contributed by atoms with E-state index in [0.717, 1.165) is 51.5 Å². The lowest BCUT2D eigenvalue weighted by molar-refractivity contribution is 0.0712. The van der Waals surface area contributed by atoms with Gasteiger partial charge in [-0.3, -0.25) is 4.79 Å². The largest absolute Gasteiger partial charge is 0.339 e. The quantitative estimate of drug-likeness (QED) is 0.515. The summed E-state index contributed by atoms with van der Waals surface area (Å²) in [5.74, 6) is 0.515. The highest BCUT2D eigenvalue weighted by molar-refractivity contribution is 9.10. The van der Waals surface area contributed by atoms with Crippen molar-refractivity contribution >= 4 is 55.0 Å². The van der Waals surface area contributed by atoms with E-state index in [1.54, 1.807) is 11.3 Å². The molecule has 1 saturated heterocycles. The maximum Gasteiger partial charge on any atom is 0.254 e. The second kappa shape index (κ2) is 7.06. The number of benzene rings is 2. The molecule has 128 valence electrons. The summed E-state index contributed by atoms with van der Waals surface area (Å²) >= 11 is 11.3. The number of likely N-dealkylation sites (tertiary alicyclic amines) is 1. The Kier molecular flexibility index (Phi) is 4.80. The third-order valence-corrected chi connectivity index (χ3v) is 6.73. The number of carbonyl (C=O) groups excluding carboxylic acids is 1. The fourth-order valence-corrected chi connectivity index (χ4v) is 4.97. The van der Waals surface area contributed by atoms with Gasteiger partial charge in [-0.25, -0.2) is 4.98 Å². The second-order valence-electron chi connectivity index (χ2n) is 6.21. The Morgan fingerprint density at radius 3 is 2.72 bits per heavy atom. The molecule has 0 spiro atoms. The van der Waals surface area contributed by atoms with Crippen LogP contribution in [-0.4, -0.2) is 28.9 Å². The lowest BCUT2D eigenvalue weighted by Crippen LogP contribution is -2.38. The van der Waals surface area contributed by atoms with Gasteiger partial charge in [-0.2, -0.15) is 0 Å². The Morgan fingerprint density at radius 1 is 1.20 bits per heavy atom. The van der Waals surface area contributed by atoms with Crippen molar-refractivity contribution in [1.82, 2.24) is 9.88 Å². The first kappa shape index (κ1) is 17.0. The molecule has 6 heteroatoms. The number of piperidine rings is 1. The molecule has 0 atom stereocenters. The zero-order chi connectivity index (χ0) is 17.4. The summed E-state index contributed by atoms with van der Waals surface area (Å²) in [5.41, 5.74) is 1.70. The second-order valence-corrected chi connectivity index (χ2v) is 8.56. The smallest absolute Gasteiger partial charge is 0.254 e. The number of hydrogen-bond donors (Lipinski definition) is 0. The summed E-state index contributed by atoms with van der Waals surface area (Å²) in [5, 5.41) is 1.88. The third-order valence-electron chi connectivity index (χ3n) is 4.60. The average molecular weight is 436 g/mol. The minimum Gasteiger partial charge on any atom is -0.339 e. The molecule has 25 heavy (non-hydrogen) atoms. The van der Waals surface area contributed by atoms with Gasteiger partial charge in [-0.1, -0.05) is 23.7 Å². The minimum absolute atomic E-state index is 0.0991. The number of carbonyl (C=O) groups is 1. The van der Waals surface area contributed by atoms with Gasteiger partial charge in [-0.15, -0.1) is 11.3 Å². The molecule has 3 nitrogen and oxygen atoms in total. The number of aromatic nitrogens is 1. The number of thiazole rings is 1. The van der Waals surface area contributed by atoms with E-state index < -0.39 is 0 Å². The molecule has 0 unspecified atom stereocenters. The number of fused-ring (bicyclic) bond motifs is 1. The fraction of sp³-hybridized carbons (Fsp3) is 0.263. The molecule has 0 saturated carbocycles. The standard InChI is InChI=1S/C19H16BrClN2OS/c20-15-4-2-1-3-14(15)19(24)23-9-7-12(8-10-23)18-22-16-11-13(21)5-6-17(16)25-18/h1-6,11-12H,7-10H2. The molecule has 0 bridgehead atoms. The third kappa shape index (κ3) is 3.46. The number of rotatable bonds is 2. The van der Waals surface area contributed by atoms with Crippen molar-refractivity contribution in [3.8, 4) is 0 Å². The van der Waals surface area contributed by atoms with E-state index >= 15 is 0 Å². The van der Waals surface area contributed by atoms with Crippen molar-refractivity contribution in [2.24, 2.45) is 0 Å². The molecule has 1 fully saturated rings. The van der Waals surface area contributed by atoms with Gasteiger partial charge < -0.3 is 4.90 Å². The zero-order valence-electron chi connectivity index (χ0n) is 13.4. The van der Waals surface area contributed by atoms with Crippen molar-refractivity contribution in [3.63, 3.8) is 0 Å². The summed E-state index contributed by atoms with van der Waals surface area (Å²) in [7, 11) is 0. The summed E-state index contributed by atoms with van der Waals surface area (Å²) in [4.78, 5) is 19.4. The Labute approximate surface area is 163 Å². The van der Waals surface area contributed by atoms with Gasteiger partial charge in [0.2, 0.25) is 0 Å². The predicted molar refractivity (Wildman–Crippen MR) is 107 cm³/mol. The summed E-state index contributed by atoms with van der Waals surface area (Å²) < 4.78 is 2.02. The van der Waals surface area contributed by atoms with E-state index in [4.69, 9.17) is 16.6 Å². The first-order valence-electron chi connectivity index (χ1n) is 8.21. The lowest BCUT2D eigenvalue weighted by atomic mass is 9.97. The maximum atomic E-state index is 12.7. The van der Waals surface area contributed by atoms with Crippen molar-refractivity contribution in [1.29, 1.82) is 0 Å². The van der Waals surface area contributed by atoms with E-state index in [-0.39, 0.29) is 5.91 Å². The van der Waals surface area contributed by atoms with Crippen LogP contribution >= 0.6 is 38.9 Å². The molecule has 3 aromatic rings. The van der Waals surface area contributed by atoms with E-state index in [1.807, 2.05) is 47.4 Å². The normalized spacial score (nSPS) is 15.7. The van der Waals surface area contributed by atoms with E-state index in [1.165, 1.54) is 4.70 Å². The number of nitrogens with zero attached hydrogens (tertiary/aromatic N) is 2. The Bertz CT molecular complexity index is 934. The van der Waals surface area contributed by atoms with Crippen LogP contribution in [0.2, 0.25) is 5.02 Å². The van der Waals surface area contributed by atoms with Gasteiger partial charge in [0.25, 0.3) is 5.91 Å². The molecule has 0 N–H and O–H groups in total. The monoisotopic (exact) mass is 434 g/mol. The molecular formula is C19H16BrClN2OS. The molecule has 2 aromatic carbocycles. The van der Waals surface area contributed by atoms with Crippen LogP contribution in [0.5, 0.6) is 0 Å². The topological polar surface area (TPSA) is 33.2 Å². The van der Waals surface area contributed by atoms with Crippen LogP contribution in [0.3, 0.4) is 0 Å². The van der Waals surface area contributed by atoms with Crippen LogP contribution in [0.15, 0.2) is 46.9 Å².